The van der Waals surface area contributed by atoms with E-state index < -0.39 is 0 Å². The van der Waals surface area contributed by atoms with Gasteiger partial charge in [-0.05, 0) is 19.5 Å². The van der Waals surface area contributed by atoms with E-state index in [4.69, 9.17) is 0 Å². The fourth-order valence-corrected chi connectivity index (χ4v) is 0.751. The van der Waals surface area contributed by atoms with Crippen LogP contribution in [0.15, 0.2) is 29.3 Å². The van der Waals surface area contributed by atoms with Crippen molar-refractivity contribution in [2.24, 2.45) is 4.99 Å². The van der Waals surface area contributed by atoms with Gasteiger partial charge in [0.2, 0.25) is 0 Å². The summed E-state index contributed by atoms with van der Waals surface area (Å²) in [6.45, 7) is 5.71. The lowest BCUT2D eigenvalue weighted by atomic mass is 10.1. The van der Waals surface area contributed by atoms with E-state index in [0.717, 1.165) is 5.57 Å². The largest absolute Gasteiger partial charge is 0.313 e. The van der Waals surface area contributed by atoms with E-state index in [-0.39, 0.29) is 0 Å². The lowest BCUT2D eigenvalue weighted by Gasteiger charge is -2.09. The zero-order valence-corrected chi connectivity index (χ0v) is 7.46. The molecule has 0 rings (SSSR count). The SMILES string of the molecule is C=C/C=C(\C=N/C)C(C)NC. The smallest absolute Gasteiger partial charge is 0.0304 e. The summed E-state index contributed by atoms with van der Waals surface area (Å²) in [5.41, 5.74) is 1.14. The number of hydrogen-bond donors (Lipinski definition) is 1. The van der Waals surface area contributed by atoms with E-state index in [1.807, 2.05) is 19.3 Å². The molecule has 2 nitrogen and oxygen atoms in total. The minimum atomic E-state index is 0.330. The first-order valence-electron chi connectivity index (χ1n) is 3.68. The Morgan fingerprint density at radius 2 is 2.27 bits per heavy atom. The fraction of sp³-hybridized carbons (Fsp3) is 0.444. The van der Waals surface area contributed by atoms with Crippen LogP contribution >= 0.6 is 0 Å². The monoisotopic (exact) mass is 152 g/mol. The maximum Gasteiger partial charge on any atom is 0.0304 e. The molecule has 0 aliphatic carbocycles. The van der Waals surface area contributed by atoms with Crippen LogP contribution in [0.4, 0.5) is 0 Å². The molecular formula is C9H16N2. The van der Waals surface area contributed by atoms with Gasteiger partial charge in [-0.3, -0.25) is 4.99 Å². The van der Waals surface area contributed by atoms with Gasteiger partial charge >= 0.3 is 0 Å². The quantitative estimate of drug-likeness (QED) is 0.478. The number of nitrogens with zero attached hydrogens (tertiary/aromatic N) is 1. The number of likely N-dealkylation sites (N-methyl/N-ethyl adjacent to an activating group) is 1. The first-order chi connectivity index (χ1) is 5.26. The van der Waals surface area contributed by atoms with Gasteiger partial charge in [0.15, 0.2) is 0 Å². The second-order valence-electron chi connectivity index (χ2n) is 2.30. The highest BCUT2D eigenvalue weighted by Crippen LogP contribution is 1.97. The molecule has 0 spiro atoms. The van der Waals surface area contributed by atoms with Gasteiger partial charge in [-0.25, -0.2) is 0 Å². The number of rotatable bonds is 4. The van der Waals surface area contributed by atoms with Crippen LogP contribution in [0.2, 0.25) is 0 Å². The molecule has 0 amide bonds. The highest BCUT2D eigenvalue weighted by atomic mass is 14.9. The Morgan fingerprint density at radius 1 is 1.64 bits per heavy atom. The van der Waals surface area contributed by atoms with Crippen molar-refractivity contribution in [2.75, 3.05) is 14.1 Å². The molecule has 0 aliphatic rings. The minimum Gasteiger partial charge on any atom is -0.313 e. The van der Waals surface area contributed by atoms with Crippen molar-refractivity contribution in [1.82, 2.24) is 5.32 Å². The molecule has 1 unspecified atom stereocenters. The molecule has 11 heavy (non-hydrogen) atoms. The Kier molecular flexibility index (Phi) is 5.39. The lowest BCUT2D eigenvalue weighted by molar-refractivity contribution is 0.714. The van der Waals surface area contributed by atoms with E-state index in [1.54, 1.807) is 13.1 Å². The third-order valence-electron chi connectivity index (χ3n) is 1.52. The molecule has 0 aromatic rings. The Hall–Kier alpha value is -0.890. The molecule has 0 radical (unpaired) electrons. The van der Waals surface area contributed by atoms with Crippen LogP contribution in [0.1, 0.15) is 6.92 Å². The van der Waals surface area contributed by atoms with Gasteiger partial charge in [0.1, 0.15) is 0 Å². The lowest BCUT2D eigenvalue weighted by Crippen LogP contribution is -2.24. The summed E-state index contributed by atoms with van der Waals surface area (Å²) in [5.74, 6) is 0. The van der Waals surface area contributed by atoms with Gasteiger partial charge in [-0.2, -0.15) is 0 Å². The molecule has 1 N–H and O–H groups in total. The van der Waals surface area contributed by atoms with Gasteiger partial charge in [-0.1, -0.05) is 18.7 Å². The third-order valence-corrected chi connectivity index (χ3v) is 1.52. The Bertz CT molecular complexity index is 168. The van der Waals surface area contributed by atoms with E-state index in [0.29, 0.717) is 6.04 Å². The first-order valence-corrected chi connectivity index (χ1v) is 3.68. The van der Waals surface area contributed by atoms with Crippen LogP contribution < -0.4 is 5.32 Å². The van der Waals surface area contributed by atoms with Crippen molar-refractivity contribution in [3.63, 3.8) is 0 Å². The van der Waals surface area contributed by atoms with E-state index in [1.165, 1.54) is 0 Å². The molecule has 0 bridgehead atoms. The highest BCUT2D eigenvalue weighted by Gasteiger charge is 2.00. The molecule has 0 aromatic heterocycles. The fourth-order valence-electron chi connectivity index (χ4n) is 0.751. The van der Waals surface area contributed by atoms with Crippen molar-refractivity contribution in [3.8, 4) is 0 Å². The molecule has 0 aromatic carbocycles. The van der Waals surface area contributed by atoms with Gasteiger partial charge in [0.05, 0.1) is 0 Å². The van der Waals surface area contributed by atoms with Gasteiger partial charge < -0.3 is 5.32 Å². The van der Waals surface area contributed by atoms with Crippen molar-refractivity contribution in [3.05, 3.63) is 24.3 Å². The Balaban J connectivity index is 4.32. The van der Waals surface area contributed by atoms with Crippen LogP contribution in [0.25, 0.3) is 0 Å². The summed E-state index contributed by atoms with van der Waals surface area (Å²) in [6, 6.07) is 0.330. The molecule has 0 heterocycles. The van der Waals surface area contributed by atoms with Crippen molar-refractivity contribution < 1.29 is 0 Å². The Labute approximate surface area is 68.7 Å². The summed E-state index contributed by atoms with van der Waals surface area (Å²) in [5, 5.41) is 3.13. The van der Waals surface area contributed by atoms with E-state index in [9.17, 15) is 0 Å². The summed E-state index contributed by atoms with van der Waals surface area (Å²) >= 11 is 0. The first kappa shape index (κ1) is 10.1. The number of nitrogens with one attached hydrogen (secondary N) is 1. The molecule has 2 heteroatoms. The molecular weight excluding hydrogens is 136 g/mol. The minimum absolute atomic E-state index is 0.330. The van der Waals surface area contributed by atoms with Crippen LogP contribution in [0.5, 0.6) is 0 Å². The zero-order chi connectivity index (χ0) is 8.69. The molecule has 0 aliphatic heterocycles. The standard InChI is InChI=1S/C9H16N2/c1-5-6-9(7-10-3)8(2)11-4/h5-8,11H,1H2,2-4H3/b9-6+,10-7-. The van der Waals surface area contributed by atoms with Crippen molar-refractivity contribution >= 4 is 6.21 Å². The van der Waals surface area contributed by atoms with Gasteiger partial charge in [0, 0.05) is 19.3 Å². The predicted octanol–water partition coefficient (Wildman–Crippen LogP) is 1.41. The summed E-state index contributed by atoms with van der Waals surface area (Å²) in [7, 11) is 3.68. The predicted molar refractivity (Wildman–Crippen MR) is 51.2 cm³/mol. The number of hydrogen-bond acceptors (Lipinski definition) is 2. The molecule has 0 saturated carbocycles. The summed E-state index contributed by atoms with van der Waals surface area (Å²) in [6.07, 6.45) is 5.56. The Morgan fingerprint density at radius 3 is 2.64 bits per heavy atom. The average molecular weight is 152 g/mol. The van der Waals surface area contributed by atoms with Crippen LogP contribution in [-0.2, 0) is 0 Å². The molecule has 1 atom stereocenters. The second kappa shape index (κ2) is 5.86. The van der Waals surface area contributed by atoms with Crippen molar-refractivity contribution in [1.29, 1.82) is 0 Å². The molecule has 0 fully saturated rings. The van der Waals surface area contributed by atoms with Crippen LogP contribution in [0, 0.1) is 0 Å². The molecule has 62 valence electrons. The normalized spacial score (nSPS) is 15.4. The summed E-state index contributed by atoms with van der Waals surface area (Å²) in [4.78, 5) is 3.94. The highest BCUT2D eigenvalue weighted by molar-refractivity contribution is 5.80. The van der Waals surface area contributed by atoms with Crippen LogP contribution in [-0.4, -0.2) is 26.4 Å². The topological polar surface area (TPSA) is 24.4 Å². The number of allylic oxidation sites excluding steroid dienone is 2. The average Bonchev–Trinajstić information content (AvgIpc) is 2.03. The van der Waals surface area contributed by atoms with E-state index in [2.05, 4.69) is 23.8 Å². The molecule has 0 saturated heterocycles. The maximum atomic E-state index is 3.94. The third kappa shape index (κ3) is 3.73. The van der Waals surface area contributed by atoms with Crippen LogP contribution in [0.3, 0.4) is 0 Å². The number of aliphatic imine (C=N–C) groups is 1. The van der Waals surface area contributed by atoms with Gasteiger partial charge in [-0.15, -0.1) is 0 Å². The van der Waals surface area contributed by atoms with E-state index >= 15 is 0 Å². The zero-order valence-electron chi connectivity index (χ0n) is 7.46. The summed E-state index contributed by atoms with van der Waals surface area (Å²) < 4.78 is 0. The van der Waals surface area contributed by atoms with Gasteiger partial charge in [0.25, 0.3) is 0 Å². The second-order valence-corrected chi connectivity index (χ2v) is 2.30. The maximum absolute atomic E-state index is 3.94. The van der Waals surface area contributed by atoms with Crippen molar-refractivity contribution in [2.45, 2.75) is 13.0 Å².